The van der Waals surface area contributed by atoms with Gasteiger partial charge in [0, 0.05) is 23.6 Å². The lowest BCUT2D eigenvalue weighted by Gasteiger charge is -2.23. The molecule has 1 N–H and O–H groups in total. The number of hydrogen-bond donors (Lipinski definition) is 1. The predicted molar refractivity (Wildman–Crippen MR) is 144 cm³/mol. The first kappa shape index (κ1) is 25.0. The summed E-state index contributed by atoms with van der Waals surface area (Å²) in [5, 5.41) is 9.65. The zero-order chi connectivity index (χ0) is 25.9. The second-order valence-electron chi connectivity index (χ2n) is 8.49. The highest BCUT2D eigenvalue weighted by Gasteiger charge is 2.39. The maximum absolute atomic E-state index is 13.5. The molecule has 10 heteroatoms. The lowest BCUT2D eigenvalue weighted by Crippen LogP contribution is -2.25. The molecule has 0 fully saturated rings. The lowest BCUT2D eigenvalue weighted by atomic mass is 9.99. The van der Waals surface area contributed by atoms with Gasteiger partial charge in [0.05, 0.1) is 18.9 Å². The number of rotatable bonds is 6. The van der Waals surface area contributed by atoms with Crippen LogP contribution in [0.2, 0.25) is 5.02 Å². The molecular formula is C27H22ClFN4O3S. The minimum atomic E-state index is -0.663. The van der Waals surface area contributed by atoms with Gasteiger partial charge in [-0.05, 0) is 59.7 Å². The number of amidine groups is 1. The van der Waals surface area contributed by atoms with Crippen molar-refractivity contribution in [3.05, 3.63) is 94.8 Å². The zero-order valence-corrected chi connectivity index (χ0v) is 21.3. The Morgan fingerprint density at radius 2 is 1.81 bits per heavy atom. The molecule has 0 saturated carbocycles. The molecule has 0 bridgehead atoms. The van der Waals surface area contributed by atoms with Crippen molar-refractivity contribution in [2.75, 3.05) is 12.4 Å². The van der Waals surface area contributed by atoms with Crippen molar-refractivity contribution in [3.63, 3.8) is 0 Å². The van der Waals surface area contributed by atoms with Crippen LogP contribution in [0.15, 0.2) is 82.9 Å². The van der Waals surface area contributed by atoms with Crippen LogP contribution in [0.1, 0.15) is 30.0 Å². The van der Waals surface area contributed by atoms with Gasteiger partial charge in [0.15, 0.2) is 5.17 Å². The molecule has 0 aromatic heterocycles. The van der Waals surface area contributed by atoms with Gasteiger partial charge in [0.25, 0.3) is 5.91 Å². The minimum absolute atomic E-state index is 0.0312. The van der Waals surface area contributed by atoms with Crippen LogP contribution >= 0.6 is 23.4 Å². The van der Waals surface area contributed by atoms with Crippen molar-refractivity contribution >= 4 is 51.7 Å². The van der Waals surface area contributed by atoms with E-state index in [-0.39, 0.29) is 30.1 Å². The van der Waals surface area contributed by atoms with E-state index in [1.807, 2.05) is 12.1 Å². The van der Waals surface area contributed by atoms with E-state index in [0.29, 0.717) is 28.0 Å². The average Bonchev–Trinajstić information content (AvgIpc) is 3.49. The van der Waals surface area contributed by atoms with E-state index in [1.54, 1.807) is 60.6 Å². The largest absolute Gasteiger partial charge is 0.497 e. The third-order valence-electron chi connectivity index (χ3n) is 6.01. The fourth-order valence-electron chi connectivity index (χ4n) is 4.11. The first-order valence-corrected chi connectivity index (χ1v) is 12.8. The van der Waals surface area contributed by atoms with Gasteiger partial charge in [-0.3, -0.25) is 9.59 Å². The van der Waals surface area contributed by atoms with Gasteiger partial charge in [-0.25, -0.2) is 9.40 Å². The fourth-order valence-corrected chi connectivity index (χ4v) is 5.29. The van der Waals surface area contributed by atoms with E-state index in [1.165, 1.54) is 23.9 Å². The molecular weight excluding hydrogens is 515 g/mol. The topological polar surface area (TPSA) is 83.4 Å². The maximum atomic E-state index is 13.5. The first-order valence-electron chi connectivity index (χ1n) is 11.5. The molecule has 188 valence electrons. The SMILES string of the molecule is COc1ccc(NC(=O)C[C@H]2SC(N3N=C(c4ccc(F)cc4)C[C@@H]3c3ccc(Cl)cc3)=NC2=O)cc1. The van der Waals surface area contributed by atoms with E-state index >= 15 is 0 Å². The van der Waals surface area contributed by atoms with Crippen molar-refractivity contribution < 1.29 is 18.7 Å². The van der Waals surface area contributed by atoms with Gasteiger partial charge >= 0.3 is 0 Å². The Kier molecular flexibility index (Phi) is 7.25. The molecule has 0 saturated heterocycles. The number of thioether (sulfide) groups is 1. The molecule has 2 heterocycles. The summed E-state index contributed by atoms with van der Waals surface area (Å²) in [7, 11) is 1.57. The number of aliphatic imine (C=N–C) groups is 1. The molecule has 3 aromatic carbocycles. The zero-order valence-electron chi connectivity index (χ0n) is 19.7. The highest BCUT2D eigenvalue weighted by Crippen LogP contribution is 2.39. The summed E-state index contributed by atoms with van der Waals surface area (Å²) in [5.74, 6) is -0.326. The summed E-state index contributed by atoms with van der Waals surface area (Å²) < 4.78 is 18.6. The van der Waals surface area contributed by atoms with Crippen LogP contribution in [-0.2, 0) is 9.59 Å². The number of nitrogens with zero attached hydrogens (tertiary/aromatic N) is 3. The van der Waals surface area contributed by atoms with E-state index < -0.39 is 5.25 Å². The Hall–Kier alpha value is -3.69. The predicted octanol–water partition coefficient (Wildman–Crippen LogP) is 5.67. The summed E-state index contributed by atoms with van der Waals surface area (Å²) >= 11 is 7.30. The van der Waals surface area contributed by atoms with E-state index in [4.69, 9.17) is 21.4 Å². The molecule has 37 heavy (non-hydrogen) atoms. The Morgan fingerprint density at radius 3 is 2.49 bits per heavy atom. The summed E-state index contributed by atoms with van der Waals surface area (Å²) in [6.45, 7) is 0. The number of benzene rings is 3. The van der Waals surface area contributed by atoms with Gasteiger partial charge in [-0.2, -0.15) is 10.1 Å². The Labute approximate surface area is 222 Å². The first-order chi connectivity index (χ1) is 17.9. The number of ether oxygens (including phenoxy) is 1. The summed E-state index contributed by atoms with van der Waals surface area (Å²) in [5.41, 5.74) is 3.09. The summed E-state index contributed by atoms with van der Waals surface area (Å²) in [6, 6.07) is 20.3. The third-order valence-corrected chi connectivity index (χ3v) is 7.41. The van der Waals surface area contributed by atoms with Crippen molar-refractivity contribution in [3.8, 4) is 5.75 Å². The molecule has 3 aromatic rings. The minimum Gasteiger partial charge on any atom is -0.497 e. The number of halogens is 2. The van der Waals surface area contributed by atoms with Crippen LogP contribution in [0.25, 0.3) is 0 Å². The van der Waals surface area contributed by atoms with Gasteiger partial charge in [0.1, 0.15) is 16.8 Å². The molecule has 0 aliphatic carbocycles. The number of anilines is 1. The van der Waals surface area contributed by atoms with E-state index in [2.05, 4.69) is 10.3 Å². The van der Waals surface area contributed by atoms with E-state index in [0.717, 1.165) is 16.8 Å². The Morgan fingerprint density at radius 1 is 1.11 bits per heavy atom. The standard InChI is InChI=1S/C27H22ClFN4O3S/c1-36-21-12-10-20(11-13-21)30-25(34)15-24-26(35)31-27(37-24)33-23(17-2-6-18(28)7-3-17)14-22(32-33)16-4-8-19(29)9-5-16/h2-13,23-24H,14-15H2,1H3,(H,30,34)/t23-,24-/m1/s1. The lowest BCUT2D eigenvalue weighted by molar-refractivity contribution is -0.121. The van der Waals surface area contributed by atoms with Crippen LogP contribution in [0.4, 0.5) is 10.1 Å². The number of methoxy groups -OCH3 is 1. The second-order valence-corrected chi connectivity index (χ2v) is 10.1. The maximum Gasteiger partial charge on any atom is 0.262 e. The van der Waals surface area contributed by atoms with Crippen molar-refractivity contribution in [1.82, 2.24) is 5.01 Å². The fraction of sp³-hybridized carbons (Fsp3) is 0.185. The van der Waals surface area contributed by atoms with Crippen LogP contribution in [0.5, 0.6) is 5.75 Å². The van der Waals surface area contributed by atoms with Crippen LogP contribution in [0, 0.1) is 5.82 Å². The van der Waals surface area contributed by atoms with Gasteiger partial charge in [-0.15, -0.1) is 0 Å². The molecule has 7 nitrogen and oxygen atoms in total. The third kappa shape index (κ3) is 5.68. The summed E-state index contributed by atoms with van der Waals surface area (Å²) in [4.78, 5) is 29.6. The van der Waals surface area contributed by atoms with Gasteiger partial charge < -0.3 is 10.1 Å². The molecule has 2 amide bonds. The highest BCUT2D eigenvalue weighted by atomic mass is 35.5. The highest BCUT2D eigenvalue weighted by molar-refractivity contribution is 8.15. The molecule has 0 unspecified atom stereocenters. The number of hydrogen-bond acceptors (Lipinski definition) is 6. The number of amides is 2. The van der Waals surface area contributed by atoms with Gasteiger partial charge in [0.2, 0.25) is 5.91 Å². The average molecular weight is 537 g/mol. The molecule has 5 rings (SSSR count). The monoisotopic (exact) mass is 536 g/mol. The normalized spacial score (nSPS) is 19.0. The molecule has 2 atom stereocenters. The van der Waals surface area contributed by atoms with E-state index in [9.17, 15) is 14.0 Å². The van der Waals surface area contributed by atoms with Crippen molar-refractivity contribution in [2.45, 2.75) is 24.1 Å². The molecule has 2 aliphatic rings. The van der Waals surface area contributed by atoms with Crippen LogP contribution in [0.3, 0.4) is 0 Å². The Bertz CT molecular complexity index is 1380. The Balaban J connectivity index is 1.33. The molecule has 2 aliphatic heterocycles. The number of nitrogens with one attached hydrogen (secondary N) is 1. The number of carbonyl (C=O) groups excluding carboxylic acids is 2. The van der Waals surface area contributed by atoms with Gasteiger partial charge in [-0.1, -0.05) is 47.6 Å². The smallest absolute Gasteiger partial charge is 0.262 e. The number of hydrazone groups is 1. The van der Waals surface area contributed by atoms with Crippen molar-refractivity contribution in [2.24, 2.45) is 10.1 Å². The van der Waals surface area contributed by atoms with Crippen LogP contribution < -0.4 is 10.1 Å². The molecule has 0 radical (unpaired) electrons. The number of carbonyl (C=O) groups is 2. The quantitative estimate of drug-likeness (QED) is 0.439. The second kappa shape index (κ2) is 10.7. The summed E-state index contributed by atoms with van der Waals surface area (Å²) in [6.07, 6.45) is 0.500. The molecule has 0 spiro atoms. The van der Waals surface area contributed by atoms with Crippen molar-refractivity contribution in [1.29, 1.82) is 0 Å². The van der Waals surface area contributed by atoms with Crippen LogP contribution in [-0.4, -0.2) is 40.1 Å².